The number of allylic oxidation sites excluding steroid dienone is 3. The number of rotatable bonds is 5. The molecule has 0 aliphatic carbocycles. The van der Waals surface area contributed by atoms with Gasteiger partial charge in [-0.05, 0) is 63.3 Å². The molecule has 1 amide bonds. The van der Waals surface area contributed by atoms with E-state index in [4.69, 9.17) is 9.73 Å². The topological polar surface area (TPSA) is 72.6 Å². The number of amides is 1. The molecule has 1 fully saturated rings. The first kappa shape index (κ1) is 24.9. The van der Waals surface area contributed by atoms with Crippen LogP contribution in [0.1, 0.15) is 72.8 Å². The predicted octanol–water partition coefficient (Wildman–Crippen LogP) is 6.45. The molecule has 1 saturated heterocycles. The lowest BCUT2D eigenvalue weighted by atomic mass is 9.89. The highest BCUT2D eigenvalue weighted by molar-refractivity contribution is 6.01. The van der Waals surface area contributed by atoms with Gasteiger partial charge in [0.1, 0.15) is 5.60 Å². The van der Waals surface area contributed by atoms with Crippen LogP contribution in [0.4, 0.5) is 10.5 Å². The van der Waals surface area contributed by atoms with Crippen molar-refractivity contribution in [3.8, 4) is 0 Å². The second-order valence-electron chi connectivity index (χ2n) is 8.91. The SMILES string of the molecule is CC.CCC(C1=N/C(C2CN2)=C/CC(C)/C=C\1)c1ccc(NC(=O)OC(C)(C)C)cc1. The number of hydrogen-bond acceptors (Lipinski definition) is 4. The van der Waals surface area contributed by atoms with Crippen molar-refractivity contribution in [2.45, 2.75) is 78.9 Å². The van der Waals surface area contributed by atoms with E-state index < -0.39 is 11.7 Å². The third kappa shape index (κ3) is 7.98. The van der Waals surface area contributed by atoms with Gasteiger partial charge in [0.2, 0.25) is 0 Å². The van der Waals surface area contributed by atoms with Gasteiger partial charge in [-0.2, -0.15) is 0 Å². The number of nitrogens with one attached hydrogen (secondary N) is 2. The molecule has 2 aliphatic heterocycles. The molecule has 0 spiro atoms. The Morgan fingerprint density at radius 2 is 1.90 bits per heavy atom. The van der Waals surface area contributed by atoms with E-state index in [-0.39, 0.29) is 5.92 Å². The van der Waals surface area contributed by atoms with Gasteiger partial charge in [0.05, 0.1) is 11.7 Å². The zero-order valence-corrected chi connectivity index (χ0v) is 20.2. The van der Waals surface area contributed by atoms with Gasteiger partial charge >= 0.3 is 6.09 Å². The van der Waals surface area contributed by atoms with E-state index in [1.807, 2.05) is 46.8 Å². The zero-order chi connectivity index (χ0) is 23.0. The summed E-state index contributed by atoms with van der Waals surface area (Å²) in [6.45, 7) is 15.0. The third-order valence-corrected chi connectivity index (χ3v) is 5.04. The first-order valence-electron chi connectivity index (χ1n) is 11.6. The maximum Gasteiger partial charge on any atom is 0.412 e. The molecular formula is C26H39N3O2. The van der Waals surface area contributed by atoms with Crippen LogP contribution in [0.3, 0.4) is 0 Å². The lowest BCUT2D eigenvalue weighted by Crippen LogP contribution is -2.27. The van der Waals surface area contributed by atoms with E-state index >= 15 is 0 Å². The molecule has 2 heterocycles. The fraction of sp³-hybridized carbons (Fsp3) is 0.538. The molecule has 3 rings (SSSR count). The molecule has 31 heavy (non-hydrogen) atoms. The Bertz CT molecular complexity index is 812. The molecule has 0 saturated carbocycles. The summed E-state index contributed by atoms with van der Waals surface area (Å²) < 4.78 is 5.32. The van der Waals surface area contributed by atoms with Crippen LogP contribution in [0, 0.1) is 5.92 Å². The van der Waals surface area contributed by atoms with Gasteiger partial charge in [0.15, 0.2) is 0 Å². The van der Waals surface area contributed by atoms with Gasteiger partial charge in [-0.25, -0.2) is 4.79 Å². The fourth-order valence-corrected chi connectivity index (χ4v) is 3.40. The molecule has 5 heteroatoms. The molecule has 2 N–H and O–H groups in total. The van der Waals surface area contributed by atoms with Crippen molar-refractivity contribution in [2.75, 3.05) is 11.9 Å². The second kappa shape index (κ2) is 11.3. The maximum atomic E-state index is 12.0. The van der Waals surface area contributed by atoms with Crippen molar-refractivity contribution in [3.63, 3.8) is 0 Å². The van der Waals surface area contributed by atoms with Crippen molar-refractivity contribution in [3.05, 3.63) is 53.8 Å². The highest BCUT2D eigenvalue weighted by atomic mass is 16.6. The Morgan fingerprint density at radius 3 is 2.45 bits per heavy atom. The molecule has 0 radical (unpaired) electrons. The average Bonchev–Trinajstić information content (AvgIpc) is 3.54. The smallest absolute Gasteiger partial charge is 0.412 e. The van der Waals surface area contributed by atoms with E-state index in [0.717, 1.165) is 36.5 Å². The quantitative estimate of drug-likeness (QED) is 0.533. The summed E-state index contributed by atoms with van der Waals surface area (Å²) in [4.78, 5) is 17.0. The molecule has 5 nitrogen and oxygen atoms in total. The lowest BCUT2D eigenvalue weighted by molar-refractivity contribution is 0.0636. The van der Waals surface area contributed by atoms with E-state index in [9.17, 15) is 4.79 Å². The van der Waals surface area contributed by atoms with Crippen LogP contribution >= 0.6 is 0 Å². The first-order valence-corrected chi connectivity index (χ1v) is 11.6. The molecular weight excluding hydrogens is 386 g/mol. The molecule has 3 atom stereocenters. The second-order valence-corrected chi connectivity index (χ2v) is 8.91. The van der Waals surface area contributed by atoms with Crippen LogP contribution in [0.15, 0.2) is 53.2 Å². The van der Waals surface area contributed by atoms with E-state index in [0.29, 0.717) is 12.0 Å². The number of benzene rings is 1. The number of carbonyl (C=O) groups is 1. The van der Waals surface area contributed by atoms with Gasteiger partial charge < -0.3 is 10.1 Å². The molecule has 170 valence electrons. The monoisotopic (exact) mass is 425 g/mol. The standard InChI is InChI=1S/C24H33N3O2.C2H6/c1-6-19(20-13-7-16(2)8-14-21(27-20)22-15-25-22)17-9-11-18(12-10-17)26-23(28)29-24(3,4)5;1-2/h7,9-14,16,19,22,25H,6,8,15H2,1-5H3,(H,26,28);1-2H3/b13-7-,21-14+,27-20+;. The zero-order valence-electron chi connectivity index (χ0n) is 20.2. The summed E-state index contributed by atoms with van der Waals surface area (Å²) in [5.41, 5.74) is 3.68. The van der Waals surface area contributed by atoms with E-state index in [1.165, 1.54) is 5.56 Å². The normalized spacial score (nSPS) is 25.8. The summed E-state index contributed by atoms with van der Waals surface area (Å²) in [6.07, 6.45) is 8.28. The highest BCUT2D eigenvalue weighted by Crippen LogP contribution is 2.28. The number of ether oxygens (including phenoxy) is 1. The molecule has 2 aliphatic rings. The summed E-state index contributed by atoms with van der Waals surface area (Å²) in [5.74, 6) is 0.724. The van der Waals surface area contributed by atoms with Crippen LogP contribution in [-0.4, -0.2) is 30.0 Å². The molecule has 1 aromatic rings. The Kier molecular flexibility index (Phi) is 9.05. The van der Waals surface area contributed by atoms with Crippen LogP contribution in [-0.2, 0) is 4.74 Å². The fourth-order valence-electron chi connectivity index (χ4n) is 3.40. The van der Waals surface area contributed by atoms with Crippen molar-refractivity contribution in [1.29, 1.82) is 0 Å². The van der Waals surface area contributed by atoms with Crippen LogP contribution < -0.4 is 10.6 Å². The lowest BCUT2D eigenvalue weighted by Gasteiger charge is -2.21. The van der Waals surface area contributed by atoms with Gasteiger partial charge in [0.25, 0.3) is 0 Å². The molecule has 1 aromatic carbocycles. The van der Waals surface area contributed by atoms with Crippen LogP contribution in [0.5, 0.6) is 0 Å². The number of nitrogens with zero attached hydrogens (tertiary/aromatic N) is 1. The highest BCUT2D eigenvalue weighted by Gasteiger charge is 2.27. The Labute approximate surface area is 188 Å². The van der Waals surface area contributed by atoms with Gasteiger partial charge in [-0.1, -0.05) is 52.0 Å². The molecule has 3 unspecified atom stereocenters. The van der Waals surface area contributed by atoms with Crippen molar-refractivity contribution in [2.24, 2.45) is 10.9 Å². The van der Waals surface area contributed by atoms with Crippen molar-refractivity contribution < 1.29 is 9.53 Å². The minimum Gasteiger partial charge on any atom is -0.444 e. The molecule has 0 aromatic heterocycles. The van der Waals surface area contributed by atoms with E-state index in [1.54, 1.807) is 0 Å². The molecule has 0 bridgehead atoms. The minimum absolute atomic E-state index is 0.217. The third-order valence-electron chi connectivity index (χ3n) is 5.04. The summed E-state index contributed by atoms with van der Waals surface area (Å²) >= 11 is 0. The van der Waals surface area contributed by atoms with Crippen molar-refractivity contribution in [1.82, 2.24) is 5.32 Å². The minimum atomic E-state index is -0.515. The van der Waals surface area contributed by atoms with Crippen LogP contribution in [0.25, 0.3) is 0 Å². The maximum absolute atomic E-state index is 12.0. The Morgan fingerprint density at radius 1 is 1.26 bits per heavy atom. The van der Waals surface area contributed by atoms with E-state index in [2.05, 4.69) is 54.8 Å². The van der Waals surface area contributed by atoms with Crippen molar-refractivity contribution >= 4 is 17.5 Å². The summed E-state index contributed by atoms with van der Waals surface area (Å²) in [5, 5.41) is 6.17. The van der Waals surface area contributed by atoms with Crippen LogP contribution in [0.2, 0.25) is 0 Å². The van der Waals surface area contributed by atoms with Gasteiger partial charge in [-0.3, -0.25) is 10.3 Å². The number of anilines is 1. The number of hydrogen-bond donors (Lipinski definition) is 2. The summed E-state index contributed by atoms with van der Waals surface area (Å²) in [6, 6.07) is 8.39. The Balaban J connectivity index is 0.00000166. The Hall–Kier alpha value is -2.40. The average molecular weight is 426 g/mol. The predicted molar refractivity (Wildman–Crippen MR) is 131 cm³/mol. The largest absolute Gasteiger partial charge is 0.444 e. The number of carbonyl (C=O) groups excluding carboxylic acids is 1. The first-order chi connectivity index (χ1) is 14.7. The van der Waals surface area contributed by atoms with Gasteiger partial charge in [0, 0.05) is 23.9 Å². The van der Waals surface area contributed by atoms with Gasteiger partial charge in [-0.15, -0.1) is 0 Å². The number of aliphatic imine (C=N–C) groups is 1. The summed E-state index contributed by atoms with van der Waals surface area (Å²) in [7, 11) is 0.